The van der Waals surface area contributed by atoms with Gasteiger partial charge in [0.2, 0.25) is 0 Å². The molecular weight excluding hydrogens is 240 g/mol. The summed E-state index contributed by atoms with van der Waals surface area (Å²) in [4.78, 5) is 11.8. The maximum absolute atomic E-state index is 11.8. The standard InChI is InChI=1S/C16H24O3/c1-5-19-15(18)16(3,4)14(17)11-12(2)13-9-7-6-8-10-13/h6-10,12,14,17H,5,11H2,1-4H3. The molecule has 0 fully saturated rings. The molecule has 0 saturated heterocycles. The van der Waals surface area contributed by atoms with Gasteiger partial charge in [0.1, 0.15) is 0 Å². The Kier molecular flexibility index (Phi) is 5.55. The third-order valence-electron chi connectivity index (χ3n) is 3.58. The van der Waals surface area contributed by atoms with E-state index >= 15 is 0 Å². The first kappa shape index (κ1) is 15.7. The van der Waals surface area contributed by atoms with Gasteiger partial charge in [-0.25, -0.2) is 0 Å². The van der Waals surface area contributed by atoms with Crippen LogP contribution in [0.25, 0.3) is 0 Å². The fraction of sp³-hybridized carbons (Fsp3) is 0.562. The number of aliphatic hydroxyl groups is 1. The van der Waals surface area contributed by atoms with Crippen LogP contribution >= 0.6 is 0 Å². The van der Waals surface area contributed by atoms with Crippen LogP contribution in [0.4, 0.5) is 0 Å². The van der Waals surface area contributed by atoms with E-state index in [2.05, 4.69) is 6.92 Å². The van der Waals surface area contributed by atoms with Gasteiger partial charge in [0.05, 0.1) is 18.1 Å². The average Bonchev–Trinajstić information content (AvgIpc) is 2.39. The molecule has 1 rings (SSSR count). The Hall–Kier alpha value is -1.35. The molecule has 1 aromatic rings. The number of hydrogen-bond acceptors (Lipinski definition) is 3. The molecule has 19 heavy (non-hydrogen) atoms. The highest BCUT2D eigenvalue weighted by Gasteiger charge is 2.37. The molecule has 0 saturated carbocycles. The Morgan fingerprint density at radius 1 is 1.32 bits per heavy atom. The number of carbonyl (C=O) groups excluding carboxylic acids is 1. The molecule has 0 heterocycles. The lowest BCUT2D eigenvalue weighted by molar-refractivity contribution is -0.160. The summed E-state index contributed by atoms with van der Waals surface area (Å²) in [5.74, 6) is -0.146. The summed E-state index contributed by atoms with van der Waals surface area (Å²) in [6, 6.07) is 10.0. The highest BCUT2D eigenvalue weighted by Crippen LogP contribution is 2.30. The first-order chi connectivity index (χ1) is 8.89. The molecule has 1 aromatic carbocycles. The first-order valence-electron chi connectivity index (χ1n) is 6.79. The normalized spacial score (nSPS) is 14.8. The minimum Gasteiger partial charge on any atom is -0.466 e. The molecular formula is C16H24O3. The number of esters is 1. The molecule has 3 heteroatoms. The second kappa shape index (κ2) is 6.71. The molecule has 0 aliphatic carbocycles. The third kappa shape index (κ3) is 4.06. The summed E-state index contributed by atoms with van der Waals surface area (Å²) in [6.45, 7) is 7.62. The Labute approximate surface area is 115 Å². The summed E-state index contributed by atoms with van der Waals surface area (Å²) in [6.07, 6.45) is -0.183. The maximum Gasteiger partial charge on any atom is 0.314 e. The predicted molar refractivity (Wildman–Crippen MR) is 75.9 cm³/mol. The summed E-state index contributed by atoms with van der Waals surface area (Å²) in [5, 5.41) is 10.3. The number of ether oxygens (including phenoxy) is 1. The van der Waals surface area contributed by atoms with Gasteiger partial charge in [-0.2, -0.15) is 0 Å². The van der Waals surface area contributed by atoms with E-state index in [0.717, 1.165) is 0 Å². The zero-order valence-corrected chi connectivity index (χ0v) is 12.2. The fourth-order valence-corrected chi connectivity index (χ4v) is 2.00. The SMILES string of the molecule is CCOC(=O)C(C)(C)C(O)CC(C)c1ccccc1. The molecule has 0 spiro atoms. The first-order valence-corrected chi connectivity index (χ1v) is 6.79. The van der Waals surface area contributed by atoms with Crippen molar-refractivity contribution in [1.29, 1.82) is 0 Å². The van der Waals surface area contributed by atoms with Crippen LogP contribution < -0.4 is 0 Å². The number of carbonyl (C=O) groups is 1. The summed E-state index contributed by atoms with van der Waals surface area (Å²) >= 11 is 0. The number of rotatable bonds is 6. The van der Waals surface area contributed by atoms with Gasteiger partial charge in [-0.15, -0.1) is 0 Å². The highest BCUT2D eigenvalue weighted by molar-refractivity contribution is 5.76. The summed E-state index contributed by atoms with van der Waals surface area (Å²) in [5.41, 5.74) is 0.292. The van der Waals surface area contributed by atoms with E-state index in [1.54, 1.807) is 20.8 Å². The monoisotopic (exact) mass is 264 g/mol. The summed E-state index contributed by atoms with van der Waals surface area (Å²) < 4.78 is 5.02. The van der Waals surface area contributed by atoms with Crippen LogP contribution in [0.1, 0.15) is 45.6 Å². The Morgan fingerprint density at radius 2 is 1.89 bits per heavy atom. The van der Waals surface area contributed by atoms with Crippen LogP contribution in [0, 0.1) is 5.41 Å². The molecule has 2 unspecified atom stereocenters. The van der Waals surface area contributed by atoms with Gasteiger partial charge in [-0.05, 0) is 38.7 Å². The second-order valence-electron chi connectivity index (χ2n) is 5.51. The van der Waals surface area contributed by atoms with E-state index in [4.69, 9.17) is 4.74 Å². The van der Waals surface area contributed by atoms with Crippen LogP contribution in [0.2, 0.25) is 0 Å². The second-order valence-corrected chi connectivity index (χ2v) is 5.51. The molecule has 0 amide bonds. The smallest absolute Gasteiger partial charge is 0.314 e. The van der Waals surface area contributed by atoms with Gasteiger partial charge < -0.3 is 9.84 Å². The molecule has 0 aromatic heterocycles. The van der Waals surface area contributed by atoms with Crippen molar-refractivity contribution in [3.8, 4) is 0 Å². The van der Waals surface area contributed by atoms with Crippen LogP contribution in [0.5, 0.6) is 0 Å². The topological polar surface area (TPSA) is 46.5 Å². The van der Waals surface area contributed by atoms with Crippen molar-refractivity contribution < 1.29 is 14.6 Å². The highest BCUT2D eigenvalue weighted by atomic mass is 16.5. The van der Waals surface area contributed by atoms with Crippen molar-refractivity contribution in [3.63, 3.8) is 0 Å². The van der Waals surface area contributed by atoms with Crippen LogP contribution in [0.15, 0.2) is 30.3 Å². The molecule has 1 N–H and O–H groups in total. The van der Waals surface area contributed by atoms with Crippen molar-refractivity contribution >= 4 is 5.97 Å². The maximum atomic E-state index is 11.8. The van der Waals surface area contributed by atoms with Crippen molar-refractivity contribution in [3.05, 3.63) is 35.9 Å². The average molecular weight is 264 g/mol. The molecule has 0 aliphatic heterocycles. The van der Waals surface area contributed by atoms with Crippen molar-refractivity contribution in [2.45, 2.75) is 46.1 Å². The van der Waals surface area contributed by atoms with Gasteiger partial charge >= 0.3 is 5.97 Å². The number of hydrogen-bond donors (Lipinski definition) is 1. The van der Waals surface area contributed by atoms with E-state index < -0.39 is 11.5 Å². The quantitative estimate of drug-likeness (QED) is 0.803. The van der Waals surface area contributed by atoms with Crippen LogP contribution in [-0.2, 0) is 9.53 Å². The van der Waals surface area contributed by atoms with E-state index in [0.29, 0.717) is 13.0 Å². The fourth-order valence-electron chi connectivity index (χ4n) is 2.00. The largest absolute Gasteiger partial charge is 0.466 e. The van der Waals surface area contributed by atoms with Crippen molar-refractivity contribution in [2.75, 3.05) is 6.61 Å². The van der Waals surface area contributed by atoms with E-state index in [1.165, 1.54) is 5.56 Å². The van der Waals surface area contributed by atoms with Gasteiger partial charge in [-0.1, -0.05) is 37.3 Å². The minimum absolute atomic E-state index is 0.199. The van der Waals surface area contributed by atoms with Crippen LogP contribution in [0.3, 0.4) is 0 Å². The number of aliphatic hydroxyl groups excluding tert-OH is 1. The molecule has 0 bridgehead atoms. The van der Waals surface area contributed by atoms with Gasteiger partial charge in [0.15, 0.2) is 0 Å². The Morgan fingerprint density at radius 3 is 2.42 bits per heavy atom. The molecule has 2 atom stereocenters. The molecule has 106 valence electrons. The van der Waals surface area contributed by atoms with E-state index in [-0.39, 0.29) is 11.9 Å². The lowest BCUT2D eigenvalue weighted by Gasteiger charge is -2.30. The Balaban J connectivity index is 2.68. The zero-order valence-electron chi connectivity index (χ0n) is 12.2. The summed E-state index contributed by atoms with van der Waals surface area (Å²) in [7, 11) is 0. The predicted octanol–water partition coefficient (Wildman–Crippen LogP) is 3.13. The van der Waals surface area contributed by atoms with E-state index in [9.17, 15) is 9.90 Å². The van der Waals surface area contributed by atoms with Crippen molar-refractivity contribution in [1.82, 2.24) is 0 Å². The lowest BCUT2D eigenvalue weighted by atomic mass is 9.80. The van der Waals surface area contributed by atoms with Crippen LogP contribution in [-0.4, -0.2) is 23.8 Å². The minimum atomic E-state index is -0.876. The molecule has 3 nitrogen and oxygen atoms in total. The third-order valence-corrected chi connectivity index (χ3v) is 3.58. The molecule has 0 radical (unpaired) electrons. The van der Waals surface area contributed by atoms with E-state index in [1.807, 2.05) is 30.3 Å². The van der Waals surface area contributed by atoms with Crippen molar-refractivity contribution in [2.24, 2.45) is 5.41 Å². The zero-order chi connectivity index (χ0) is 14.5. The lowest BCUT2D eigenvalue weighted by Crippen LogP contribution is -2.39. The Bertz CT molecular complexity index is 398. The van der Waals surface area contributed by atoms with Gasteiger partial charge in [0.25, 0.3) is 0 Å². The molecule has 0 aliphatic rings. The van der Waals surface area contributed by atoms with Gasteiger partial charge in [0, 0.05) is 0 Å². The number of benzene rings is 1. The van der Waals surface area contributed by atoms with Gasteiger partial charge in [-0.3, -0.25) is 4.79 Å².